The van der Waals surface area contributed by atoms with Gasteiger partial charge in [0.1, 0.15) is 5.69 Å². The molecular formula is C17H20Cl2N4O. The molecule has 0 atom stereocenters. The van der Waals surface area contributed by atoms with Gasteiger partial charge >= 0.3 is 0 Å². The van der Waals surface area contributed by atoms with Gasteiger partial charge in [-0.1, -0.05) is 49.0 Å². The van der Waals surface area contributed by atoms with E-state index in [1.165, 1.54) is 0 Å². The molecular weight excluding hydrogens is 347 g/mol. The van der Waals surface area contributed by atoms with Crippen LogP contribution in [0, 0.1) is 6.92 Å². The van der Waals surface area contributed by atoms with Crippen molar-refractivity contribution in [2.24, 2.45) is 0 Å². The van der Waals surface area contributed by atoms with Gasteiger partial charge in [0.05, 0.1) is 15.7 Å². The number of aromatic nitrogens is 2. The van der Waals surface area contributed by atoms with Crippen molar-refractivity contribution in [2.45, 2.75) is 33.1 Å². The van der Waals surface area contributed by atoms with Crippen LogP contribution in [0.5, 0.6) is 0 Å². The summed E-state index contributed by atoms with van der Waals surface area (Å²) in [5.74, 6) is 0.0923. The molecule has 7 heteroatoms. The summed E-state index contributed by atoms with van der Waals surface area (Å²) in [7, 11) is 0. The number of nitrogens with zero attached hydrogens (tertiary/aromatic N) is 2. The molecule has 0 saturated carbocycles. The number of unbranched alkanes of at least 4 members (excludes halogenated alkanes) is 2. The third kappa shape index (κ3) is 5.08. The first-order valence-electron chi connectivity index (χ1n) is 7.86. The average Bonchev–Trinajstić information content (AvgIpc) is 2.55. The smallest absolute Gasteiger partial charge is 0.274 e. The Kier molecular flexibility index (Phi) is 6.82. The molecule has 24 heavy (non-hydrogen) atoms. The zero-order valence-electron chi connectivity index (χ0n) is 13.7. The molecule has 0 aliphatic carbocycles. The van der Waals surface area contributed by atoms with Crippen LogP contribution in [-0.4, -0.2) is 22.4 Å². The van der Waals surface area contributed by atoms with Crippen molar-refractivity contribution >= 4 is 40.7 Å². The number of rotatable bonds is 7. The maximum atomic E-state index is 12.4. The summed E-state index contributed by atoms with van der Waals surface area (Å²) in [4.78, 5) is 21.0. The molecule has 0 aliphatic heterocycles. The van der Waals surface area contributed by atoms with Crippen LogP contribution in [0.15, 0.2) is 24.3 Å². The van der Waals surface area contributed by atoms with E-state index in [0.717, 1.165) is 25.8 Å². The van der Waals surface area contributed by atoms with E-state index < -0.39 is 0 Å². The minimum Gasteiger partial charge on any atom is -0.354 e. The molecule has 0 radical (unpaired) electrons. The van der Waals surface area contributed by atoms with Gasteiger partial charge in [0, 0.05) is 12.2 Å². The van der Waals surface area contributed by atoms with E-state index in [4.69, 9.17) is 23.2 Å². The van der Waals surface area contributed by atoms with E-state index >= 15 is 0 Å². The highest BCUT2D eigenvalue weighted by Crippen LogP contribution is 2.29. The van der Waals surface area contributed by atoms with Crippen molar-refractivity contribution in [1.29, 1.82) is 0 Å². The van der Waals surface area contributed by atoms with Crippen molar-refractivity contribution in [3.63, 3.8) is 0 Å². The molecule has 0 saturated heterocycles. The van der Waals surface area contributed by atoms with Crippen molar-refractivity contribution in [3.05, 3.63) is 45.7 Å². The Labute approximate surface area is 151 Å². The van der Waals surface area contributed by atoms with Gasteiger partial charge in [-0.2, -0.15) is 0 Å². The Bertz CT molecular complexity index is 722. The molecule has 128 valence electrons. The number of nitrogens with one attached hydrogen (secondary N) is 2. The van der Waals surface area contributed by atoms with Gasteiger partial charge in [-0.15, -0.1) is 0 Å². The van der Waals surface area contributed by atoms with Crippen molar-refractivity contribution < 1.29 is 4.79 Å². The van der Waals surface area contributed by atoms with Gasteiger partial charge in [0.15, 0.2) is 0 Å². The van der Waals surface area contributed by atoms with Crippen LogP contribution in [0.1, 0.15) is 42.4 Å². The summed E-state index contributed by atoms with van der Waals surface area (Å²) in [5, 5.41) is 6.56. The number of benzene rings is 1. The van der Waals surface area contributed by atoms with E-state index in [9.17, 15) is 4.79 Å². The van der Waals surface area contributed by atoms with Crippen molar-refractivity contribution in [2.75, 3.05) is 17.2 Å². The monoisotopic (exact) mass is 366 g/mol. The predicted octanol–water partition coefficient (Wildman–Crippen LogP) is 4.95. The minimum absolute atomic E-state index is 0.275. The van der Waals surface area contributed by atoms with Crippen LogP contribution in [0.2, 0.25) is 10.0 Å². The second kappa shape index (κ2) is 8.85. The van der Waals surface area contributed by atoms with E-state index in [1.807, 2.05) is 6.92 Å². The van der Waals surface area contributed by atoms with Gasteiger partial charge in [-0.25, -0.2) is 9.97 Å². The van der Waals surface area contributed by atoms with Crippen molar-refractivity contribution in [1.82, 2.24) is 9.97 Å². The maximum absolute atomic E-state index is 12.4. The Balaban J connectivity index is 2.11. The molecule has 1 aromatic carbocycles. The summed E-state index contributed by atoms with van der Waals surface area (Å²) in [6, 6.07) is 6.69. The number of halogens is 2. The van der Waals surface area contributed by atoms with E-state index in [2.05, 4.69) is 27.5 Å². The number of anilines is 2. The lowest BCUT2D eigenvalue weighted by Gasteiger charge is -2.10. The molecule has 0 fully saturated rings. The highest BCUT2D eigenvalue weighted by molar-refractivity contribution is 6.44. The van der Waals surface area contributed by atoms with Crippen LogP contribution >= 0.6 is 23.2 Å². The number of amides is 1. The lowest BCUT2D eigenvalue weighted by Crippen LogP contribution is -2.16. The summed E-state index contributed by atoms with van der Waals surface area (Å²) in [6.07, 6.45) is 3.32. The summed E-state index contributed by atoms with van der Waals surface area (Å²) >= 11 is 12.1. The summed E-state index contributed by atoms with van der Waals surface area (Å²) < 4.78 is 0. The van der Waals surface area contributed by atoms with E-state index in [-0.39, 0.29) is 11.6 Å². The fraction of sp³-hybridized carbons (Fsp3) is 0.353. The van der Waals surface area contributed by atoms with Crippen LogP contribution < -0.4 is 10.6 Å². The molecule has 2 aromatic rings. The van der Waals surface area contributed by atoms with Gasteiger partial charge in [-0.05, 0) is 31.5 Å². The third-order valence-corrected chi connectivity index (χ3v) is 4.17. The fourth-order valence-electron chi connectivity index (χ4n) is 2.13. The van der Waals surface area contributed by atoms with Gasteiger partial charge < -0.3 is 10.6 Å². The third-order valence-electron chi connectivity index (χ3n) is 3.35. The summed E-state index contributed by atoms with van der Waals surface area (Å²) in [5.41, 5.74) is 1.43. The first kappa shape index (κ1) is 18.5. The molecule has 0 spiro atoms. The minimum atomic E-state index is -0.360. The Morgan fingerprint density at radius 1 is 1.21 bits per heavy atom. The Morgan fingerprint density at radius 3 is 2.75 bits per heavy atom. The number of hydrogen-bond donors (Lipinski definition) is 2. The van der Waals surface area contributed by atoms with Gasteiger partial charge in [-0.3, -0.25) is 4.79 Å². The number of carbonyl (C=O) groups excluding carboxylic acids is 1. The number of aryl methyl sites for hydroxylation is 1. The molecule has 0 unspecified atom stereocenters. The summed E-state index contributed by atoms with van der Waals surface area (Å²) in [6.45, 7) is 4.74. The van der Waals surface area contributed by atoms with E-state index in [1.54, 1.807) is 24.3 Å². The van der Waals surface area contributed by atoms with Crippen LogP contribution in [0.25, 0.3) is 0 Å². The highest BCUT2D eigenvalue weighted by Gasteiger charge is 2.13. The zero-order valence-corrected chi connectivity index (χ0v) is 15.2. The topological polar surface area (TPSA) is 66.9 Å². The van der Waals surface area contributed by atoms with Crippen LogP contribution in [0.4, 0.5) is 11.6 Å². The second-order valence-electron chi connectivity index (χ2n) is 5.41. The molecule has 2 rings (SSSR count). The Morgan fingerprint density at radius 2 is 2.00 bits per heavy atom. The molecule has 0 aliphatic rings. The maximum Gasteiger partial charge on any atom is 0.274 e. The first-order chi connectivity index (χ1) is 11.5. The lowest BCUT2D eigenvalue weighted by atomic mass is 10.2. The average molecular weight is 367 g/mol. The van der Waals surface area contributed by atoms with Gasteiger partial charge in [0.2, 0.25) is 5.95 Å². The molecule has 1 amide bonds. The molecule has 5 nitrogen and oxygen atoms in total. The molecule has 1 aromatic heterocycles. The highest BCUT2D eigenvalue weighted by atomic mass is 35.5. The van der Waals surface area contributed by atoms with Crippen LogP contribution in [-0.2, 0) is 0 Å². The van der Waals surface area contributed by atoms with Crippen LogP contribution in [0.3, 0.4) is 0 Å². The first-order valence-corrected chi connectivity index (χ1v) is 8.61. The van der Waals surface area contributed by atoms with E-state index in [0.29, 0.717) is 27.4 Å². The standard InChI is InChI=1S/C17H20Cl2N4O/c1-3-4-5-9-20-17-21-11(2)10-14(23-17)16(24)22-13-8-6-7-12(18)15(13)19/h6-8,10H,3-5,9H2,1-2H3,(H,22,24)(H,20,21,23). The molecule has 2 N–H and O–H groups in total. The molecule has 1 heterocycles. The van der Waals surface area contributed by atoms with Gasteiger partial charge in [0.25, 0.3) is 5.91 Å². The quantitative estimate of drug-likeness (QED) is 0.680. The number of carbonyl (C=O) groups is 1. The molecule has 0 bridgehead atoms. The lowest BCUT2D eigenvalue weighted by molar-refractivity contribution is 0.102. The SMILES string of the molecule is CCCCCNc1nc(C)cc(C(=O)Nc2cccc(Cl)c2Cl)n1. The Hall–Kier alpha value is -1.85. The number of hydrogen-bond acceptors (Lipinski definition) is 4. The van der Waals surface area contributed by atoms with Crippen molar-refractivity contribution in [3.8, 4) is 0 Å². The fourth-order valence-corrected chi connectivity index (χ4v) is 2.47. The predicted molar refractivity (Wildman–Crippen MR) is 99.2 cm³/mol. The second-order valence-corrected chi connectivity index (χ2v) is 6.19. The largest absolute Gasteiger partial charge is 0.354 e. The zero-order chi connectivity index (χ0) is 17.5. The normalized spacial score (nSPS) is 10.5.